The summed E-state index contributed by atoms with van der Waals surface area (Å²) >= 11 is 0. The fourth-order valence-corrected chi connectivity index (χ4v) is 2.15. The number of H-pyrrole nitrogens is 1. The number of nitrogens with zero attached hydrogens (tertiary/aromatic N) is 3. The molecule has 0 aliphatic rings. The summed E-state index contributed by atoms with van der Waals surface area (Å²) in [6.07, 6.45) is 3.46. The van der Waals surface area contributed by atoms with Gasteiger partial charge < -0.3 is 9.84 Å². The van der Waals surface area contributed by atoms with Crippen LogP contribution in [-0.2, 0) is 6.42 Å². The van der Waals surface area contributed by atoms with E-state index in [0.717, 1.165) is 5.56 Å². The number of benzene rings is 1. The largest absolute Gasteiger partial charge is 0.345 e. The Morgan fingerprint density at radius 1 is 1.36 bits per heavy atom. The molecule has 0 spiro atoms. The predicted octanol–water partition coefficient (Wildman–Crippen LogP) is 1.81. The summed E-state index contributed by atoms with van der Waals surface area (Å²) in [7, 11) is 0. The summed E-state index contributed by atoms with van der Waals surface area (Å²) < 4.78 is 5.16. The minimum atomic E-state index is -0.261. The summed E-state index contributed by atoms with van der Waals surface area (Å²) in [5.74, 6) is 0.848. The van der Waals surface area contributed by atoms with Gasteiger partial charge in [-0.1, -0.05) is 35.5 Å². The number of hydrogen-bond donors (Lipinski definition) is 2. The number of carbonyl (C=O) groups excluding carboxylic acids is 1. The average Bonchev–Trinajstić information content (AvgIpc) is 3.19. The van der Waals surface area contributed by atoms with Crippen LogP contribution >= 0.6 is 0 Å². The predicted molar refractivity (Wildman–Crippen MR) is 78.0 cm³/mol. The topological polar surface area (TPSA) is 96.7 Å². The molecule has 0 bridgehead atoms. The molecular formula is C15H15N5O2. The monoisotopic (exact) mass is 297 g/mol. The highest BCUT2D eigenvalue weighted by atomic mass is 16.5. The van der Waals surface area contributed by atoms with Gasteiger partial charge in [-0.25, -0.2) is 0 Å². The number of hydrogen-bond acceptors (Lipinski definition) is 5. The first-order chi connectivity index (χ1) is 10.7. The molecular weight excluding hydrogens is 282 g/mol. The Kier molecular flexibility index (Phi) is 3.95. The number of amides is 1. The van der Waals surface area contributed by atoms with Crippen molar-refractivity contribution < 1.29 is 9.32 Å². The molecule has 0 saturated heterocycles. The van der Waals surface area contributed by atoms with Crippen LogP contribution in [0.2, 0.25) is 0 Å². The molecule has 3 aromatic rings. The van der Waals surface area contributed by atoms with E-state index in [0.29, 0.717) is 23.7 Å². The van der Waals surface area contributed by atoms with E-state index < -0.39 is 0 Å². The molecule has 0 radical (unpaired) electrons. The van der Waals surface area contributed by atoms with Crippen molar-refractivity contribution in [1.82, 2.24) is 25.7 Å². The molecule has 0 saturated carbocycles. The van der Waals surface area contributed by atoms with Crippen LogP contribution < -0.4 is 5.32 Å². The van der Waals surface area contributed by atoms with Crippen LogP contribution in [0.4, 0.5) is 0 Å². The molecule has 2 N–H and O–H groups in total. The molecule has 7 heteroatoms. The number of nitrogens with one attached hydrogen (secondary N) is 2. The number of aromatic amines is 1. The molecule has 3 rings (SSSR count). The molecule has 0 aliphatic carbocycles. The van der Waals surface area contributed by atoms with Gasteiger partial charge >= 0.3 is 0 Å². The van der Waals surface area contributed by atoms with Gasteiger partial charge in [-0.2, -0.15) is 10.1 Å². The third-order valence-corrected chi connectivity index (χ3v) is 3.22. The van der Waals surface area contributed by atoms with Gasteiger partial charge in [0.15, 0.2) is 5.82 Å². The first-order valence-corrected chi connectivity index (χ1v) is 6.86. The van der Waals surface area contributed by atoms with Gasteiger partial charge in [0.05, 0.1) is 24.2 Å². The van der Waals surface area contributed by atoms with Crippen molar-refractivity contribution in [3.05, 3.63) is 65.6 Å². The normalized spacial score (nSPS) is 12.0. The van der Waals surface area contributed by atoms with E-state index in [2.05, 4.69) is 25.7 Å². The second-order valence-corrected chi connectivity index (χ2v) is 4.86. The maximum Gasteiger partial charge on any atom is 0.254 e. The molecule has 0 unspecified atom stereocenters. The minimum Gasteiger partial charge on any atom is -0.345 e. The molecule has 1 aromatic carbocycles. The van der Waals surface area contributed by atoms with Crippen molar-refractivity contribution in [3.63, 3.8) is 0 Å². The molecule has 1 amide bonds. The molecule has 112 valence electrons. The number of rotatable bonds is 5. The highest BCUT2D eigenvalue weighted by Crippen LogP contribution is 2.18. The zero-order chi connectivity index (χ0) is 15.4. The van der Waals surface area contributed by atoms with Gasteiger partial charge in [0.2, 0.25) is 5.89 Å². The quantitative estimate of drug-likeness (QED) is 0.748. The third kappa shape index (κ3) is 3.20. The van der Waals surface area contributed by atoms with Crippen LogP contribution in [0.1, 0.15) is 33.7 Å². The average molecular weight is 297 g/mol. The van der Waals surface area contributed by atoms with Crippen LogP contribution in [0.15, 0.2) is 47.2 Å². The number of aromatic nitrogens is 4. The molecule has 7 nitrogen and oxygen atoms in total. The summed E-state index contributed by atoms with van der Waals surface area (Å²) in [6.45, 7) is 1.76. The van der Waals surface area contributed by atoms with Crippen LogP contribution in [-0.4, -0.2) is 26.2 Å². The molecule has 22 heavy (non-hydrogen) atoms. The SMILES string of the molecule is Cc1noc(C[C@H](NC(=O)c2cn[nH]c2)c2ccccc2)n1. The molecule has 1 atom stereocenters. The lowest BCUT2D eigenvalue weighted by atomic mass is 10.0. The summed E-state index contributed by atoms with van der Waals surface area (Å²) in [5, 5.41) is 13.2. The van der Waals surface area contributed by atoms with Crippen molar-refractivity contribution in [2.24, 2.45) is 0 Å². The van der Waals surface area contributed by atoms with E-state index >= 15 is 0 Å². The van der Waals surface area contributed by atoms with Gasteiger partial charge in [-0.05, 0) is 12.5 Å². The second-order valence-electron chi connectivity index (χ2n) is 4.86. The Labute approximate surface area is 126 Å². The van der Waals surface area contributed by atoms with Crippen LogP contribution in [0.3, 0.4) is 0 Å². The Hall–Kier alpha value is -2.96. The highest BCUT2D eigenvalue weighted by molar-refractivity contribution is 5.93. The fourth-order valence-electron chi connectivity index (χ4n) is 2.15. The van der Waals surface area contributed by atoms with Gasteiger partial charge in [-0.15, -0.1) is 0 Å². The van der Waals surface area contributed by atoms with Crippen LogP contribution in [0, 0.1) is 6.92 Å². The smallest absolute Gasteiger partial charge is 0.254 e. The molecule has 0 aliphatic heterocycles. The minimum absolute atomic E-state index is 0.209. The summed E-state index contributed by atoms with van der Waals surface area (Å²) in [5.41, 5.74) is 1.44. The van der Waals surface area contributed by atoms with Crippen molar-refractivity contribution in [3.8, 4) is 0 Å². The van der Waals surface area contributed by atoms with Crippen molar-refractivity contribution in [2.45, 2.75) is 19.4 Å². The Morgan fingerprint density at radius 2 is 2.18 bits per heavy atom. The number of carbonyl (C=O) groups is 1. The first kappa shape index (κ1) is 14.0. The molecule has 0 fully saturated rings. The standard InChI is InChI=1S/C15H15N5O2/c1-10-18-14(22-20-10)7-13(11-5-3-2-4-6-11)19-15(21)12-8-16-17-9-12/h2-6,8-9,13H,7H2,1H3,(H,16,17)(H,19,21)/t13-/m0/s1. The van der Waals surface area contributed by atoms with E-state index in [1.807, 2.05) is 30.3 Å². The van der Waals surface area contributed by atoms with Gasteiger partial charge in [0.25, 0.3) is 5.91 Å². The van der Waals surface area contributed by atoms with E-state index in [1.54, 1.807) is 13.1 Å². The van der Waals surface area contributed by atoms with Crippen molar-refractivity contribution >= 4 is 5.91 Å². The van der Waals surface area contributed by atoms with E-state index in [9.17, 15) is 4.79 Å². The lowest BCUT2D eigenvalue weighted by Crippen LogP contribution is -2.29. The molecule has 2 heterocycles. The Bertz CT molecular complexity index is 736. The summed E-state index contributed by atoms with van der Waals surface area (Å²) in [4.78, 5) is 16.4. The maximum absolute atomic E-state index is 12.2. The number of aryl methyl sites for hydroxylation is 1. The third-order valence-electron chi connectivity index (χ3n) is 3.22. The lowest BCUT2D eigenvalue weighted by molar-refractivity contribution is 0.0935. The highest BCUT2D eigenvalue weighted by Gasteiger charge is 2.19. The Morgan fingerprint density at radius 3 is 2.82 bits per heavy atom. The van der Waals surface area contributed by atoms with Crippen LogP contribution in [0.5, 0.6) is 0 Å². The lowest BCUT2D eigenvalue weighted by Gasteiger charge is -2.17. The second kappa shape index (κ2) is 6.21. The van der Waals surface area contributed by atoms with E-state index in [4.69, 9.17) is 4.52 Å². The van der Waals surface area contributed by atoms with Crippen molar-refractivity contribution in [2.75, 3.05) is 0 Å². The van der Waals surface area contributed by atoms with Gasteiger partial charge in [0.1, 0.15) is 0 Å². The van der Waals surface area contributed by atoms with Gasteiger partial charge in [0, 0.05) is 6.20 Å². The zero-order valence-corrected chi connectivity index (χ0v) is 12.0. The van der Waals surface area contributed by atoms with E-state index in [-0.39, 0.29) is 11.9 Å². The molecule has 2 aromatic heterocycles. The Balaban J connectivity index is 1.81. The van der Waals surface area contributed by atoms with Crippen molar-refractivity contribution in [1.29, 1.82) is 0 Å². The summed E-state index contributed by atoms with van der Waals surface area (Å²) in [6, 6.07) is 9.41. The van der Waals surface area contributed by atoms with E-state index in [1.165, 1.54) is 6.20 Å². The zero-order valence-electron chi connectivity index (χ0n) is 12.0. The maximum atomic E-state index is 12.2. The first-order valence-electron chi connectivity index (χ1n) is 6.86. The fraction of sp³-hybridized carbons (Fsp3) is 0.200. The van der Waals surface area contributed by atoms with Gasteiger partial charge in [-0.3, -0.25) is 9.89 Å². The van der Waals surface area contributed by atoms with Crippen LogP contribution in [0.25, 0.3) is 0 Å².